The average Bonchev–Trinajstić information content (AvgIpc) is 2.97. The predicted molar refractivity (Wildman–Crippen MR) is 107 cm³/mol. The van der Waals surface area contributed by atoms with Gasteiger partial charge in [0, 0.05) is 42.3 Å². The summed E-state index contributed by atoms with van der Waals surface area (Å²) in [5, 5.41) is 16.5. The van der Waals surface area contributed by atoms with Gasteiger partial charge in [-0.15, -0.1) is 0 Å². The Morgan fingerprint density at radius 2 is 1.70 bits per heavy atom. The second-order valence-corrected chi connectivity index (χ2v) is 6.66. The van der Waals surface area contributed by atoms with Crippen LogP contribution in [0, 0.1) is 10.1 Å². The minimum absolute atomic E-state index is 0.00971. The molecule has 1 heterocycles. The maximum absolute atomic E-state index is 12.1. The molecule has 0 aliphatic carbocycles. The number of rotatable bonds is 6. The Morgan fingerprint density at radius 1 is 1.00 bits per heavy atom. The number of hydrogen-bond donors (Lipinski definition) is 2. The quantitative estimate of drug-likeness (QED) is 0.594. The van der Waals surface area contributed by atoms with Crippen molar-refractivity contribution < 1.29 is 9.72 Å². The van der Waals surface area contributed by atoms with Gasteiger partial charge >= 0.3 is 0 Å². The monoisotopic (exact) mass is 368 g/mol. The second-order valence-electron chi connectivity index (χ2n) is 6.66. The first-order chi connectivity index (χ1) is 13.1. The summed E-state index contributed by atoms with van der Waals surface area (Å²) < 4.78 is 0. The summed E-state index contributed by atoms with van der Waals surface area (Å²) in [5.74, 6) is -0.205. The van der Waals surface area contributed by atoms with Crippen molar-refractivity contribution in [2.75, 3.05) is 35.2 Å². The lowest BCUT2D eigenvalue weighted by atomic mass is 10.2. The molecule has 0 bridgehead atoms. The number of anilines is 3. The van der Waals surface area contributed by atoms with Gasteiger partial charge in [-0.3, -0.25) is 14.9 Å². The summed E-state index contributed by atoms with van der Waals surface area (Å²) >= 11 is 0. The summed E-state index contributed by atoms with van der Waals surface area (Å²) in [7, 11) is 0. The van der Waals surface area contributed by atoms with Crippen molar-refractivity contribution in [1.82, 2.24) is 0 Å². The first kappa shape index (κ1) is 18.7. The number of non-ortho nitro benzene ring substituents is 1. The van der Waals surface area contributed by atoms with Crippen molar-refractivity contribution >= 4 is 28.7 Å². The van der Waals surface area contributed by atoms with E-state index in [2.05, 4.69) is 15.5 Å². The highest BCUT2D eigenvalue weighted by Crippen LogP contribution is 2.22. The van der Waals surface area contributed by atoms with Crippen LogP contribution in [0.5, 0.6) is 0 Å². The average molecular weight is 368 g/mol. The summed E-state index contributed by atoms with van der Waals surface area (Å²) in [6, 6.07) is 14.0. The van der Waals surface area contributed by atoms with Crippen molar-refractivity contribution in [3.63, 3.8) is 0 Å². The SMILES string of the molecule is O=C(CNc1cccc([N+](=O)[O-])c1)Nc1ccc(N2CCCCCC2)cc1. The lowest BCUT2D eigenvalue weighted by Gasteiger charge is -2.22. The van der Waals surface area contributed by atoms with Crippen molar-refractivity contribution in [2.24, 2.45) is 0 Å². The van der Waals surface area contributed by atoms with Gasteiger partial charge in [-0.25, -0.2) is 0 Å². The van der Waals surface area contributed by atoms with E-state index in [1.807, 2.05) is 24.3 Å². The number of nitrogens with one attached hydrogen (secondary N) is 2. The number of benzene rings is 2. The molecule has 0 atom stereocenters. The number of nitro benzene ring substituents is 1. The number of hydrogen-bond acceptors (Lipinski definition) is 5. The van der Waals surface area contributed by atoms with E-state index in [0.29, 0.717) is 5.69 Å². The largest absolute Gasteiger partial charge is 0.376 e. The van der Waals surface area contributed by atoms with Gasteiger partial charge in [0.2, 0.25) is 5.91 Å². The zero-order valence-electron chi connectivity index (χ0n) is 15.2. The van der Waals surface area contributed by atoms with E-state index in [1.54, 1.807) is 12.1 Å². The molecule has 7 nitrogen and oxygen atoms in total. The van der Waals surface area contributed by atoms with Gasteiger partial charge in [0.25, 0.3) is 5.69 Å². The molecular formula is C20H24N4O3. The Hall–Kier alpha value is -3.09. The summed E-state index contributed by atoms with van der Waals surface area (Å²) in [4.78, 5) is 24.8. The fourth-order valence-electron chi connectivity index (χ4n) is 3.20. The molecule has 1 saturated heterocycles. The van der Waals surface area contributed by atoms with Crippen LogP contribution in [0.4, 0.5) is 22.7 Å². The third-order valence-electron chi connectivity index (χ3n) is 4.63. The first-order valence-corrected chi connectivity index (χ1v) is 9.25. The minimum atomic E-state index is -0.461. The molecule has 1 amide bonds. The van der Waals surface area contributed by atoms with E-state index in [9.17, 15) is 14.9 Å². The fraction of sp³-hybridized carbons (Fsp3) is 0.350. The highest BCUT2D eigenvalue weighted by atomic mass is 16.6. The van der Waals surface area contributed by atoms with Crippen LogP contribution in [-0.2, 0) is 4.79 Å². The molecule has 0 unspecified atom stereocenters. The third kappa shape index (κ3) is 5.44. The van der Waals surface area contributed by atoms with Gasteiger partial charge in [0.1, 0.15) is 0 Å². The molecule has 2 aromatic carbocycles. The lowest BCUT2D eigenvalue weighted by molar-refractivity contribution is -0.384. The van der Waals surface area contributed by atoms with Crippen LogP contribution < -0.4 is 15.5 Å². The number of carbonyl (C=O) groups excluding carboxylic acids is 1. The topological polar surface area (TPSA) is 87.5 Å². The molecule has 1 fully saturated rings. The van der Waals surface area contributed by atoms with E-state index >= 15 is 0 Å². The molecule has 27 heavy (non-hydrogen) atoms. The molecular weight excluding hydrogens is 344 g/mol. The standard InChI is InChI=1S/C20H24N4O3/c25-20(15-21-17-6-5-7-19(14-17)24(26)27)22-16-8-10-18(11-9-16)23-12-3-1-2-4-13-23/h5-11,14,21H,1-4,12-13,15H2,(H,22,25). The van der Waals surface area contributed by atoms with E-state index in [4.69, 9.17) is 0 Å². The zero-order valence-corrected chi connectivity index (χ0v) is 15.2. The highest BCUT2D eigenvalue weighted by Gasteiger charge is 2.10. The van der Waals surface area contributed by atoms with Gasteiger partial charge in [0.05, 0.1) is 11.5 Å². The number of amides is 1. The molecule has 0 saturated carbocycles. The third-order valence-corrected chi connectivity index (χ3v) is 4.63. The lowest BCUT2D eigenvalue weighted by Crippen LogP contribution is -2.24. The molecule has 3 rings (SSSR count). The molecule has 0 radical (unpaired) electrons. The number of nitro groups is 1. The normalized spacial score (nSPS) is 14.3. The van der Waals surface area contributed by atoms with Crippen LogP contribution in [0.1, 0.15) is 25.7 Å². The van der Waals surface area contributed by atoms with Crippen LogP contribution in [0.3, 0.4) is 0 Å². The molecule has 142 valence electrons. The number of carbonyl (C=O) groups is 1. The predicted octanol–water partition coefficient (Wildman–Crippen LogP) is 4.03. The summed E-state index contributed by atoms with van der Waals surface area (Å²) in [6.45, 7) is 2.20. The Balaban J connectivity index is 1.52. The van der Waals surface area contributed by atoms with Gasteiger partial charge in [0.15, 0.2) is 0 Å². The van der Waals surface area contributed by atoms with Gasteiger partial charge in [-0.05, 0) is 43.2 Å². The number of nitrogens with zero attached hydrogens (tertiary/aromatic N) is 2. The van der Waals surface area contributed by atoms with Gasteiger partial charge in [-0.2, -0.15) is 0 Å². The van der Waals surface area contributed by atoms with Crippen LogP contribution in [-0.4, -0.2) is 30.5 Å². The summed E-state index contributed by atoms with van der Waals surface area (Å²) in [5.41, 5.74) is 2.45. The Morgan fingerprint density at radius 3 is 2.37 bits per heavy atom. The van der Waals surface area contributed by atoms with E-state index < -0.39 is 4.92 Å². The first-order valence-electron chi connectivity index (χ1n) is 9.25. The maximum atomic E-state index is 12.1. The second kappa shape index (κ2) is 9.02. The Labute approximate surface area is 158 Å². The van der Waals surface area contributed by atoms with E-state index in [0.717, 1.165) is 18.8 Å². The van der Waals surface area contributed by atoms with Gasteiger partial charge < -0.3 is 15.5 Å². The molecule has 0 spiro atoms. The van der Waals surface area contributed by atoms with Crippen LogP contribution in [0.15, 0.2) is 48.5 Å². The zero-order chi connectivity index (χ0) is 19.1. The Kier molecular flexibility index (Phi) is 6.25. The smallest absolute Gasteiger partial charge is 0.271 e. The van der Waals surface area contributed by atoms with Crippen molar-refractivity contribution in [2.45, 2.75) is 25.7 Å². The van der Waals surface area contributed by atoms with Gasteiger partial charge in [-0.1, -0.05) is 18.9 Å². The fourth-order valence-corrected chi connectivity index (χ4v) is 3.20. The van der Waals surface area contributed by atoms with Crippen molar-refractivity contribution in [1.29, 1.82) is 0 Å². The molecule has 7 heteroatoms. The summed E-state index contributed by atoms with van der Waals surface area (Å²) in [6.07, 6.45) is 5.04. The van der Waals surface area contributed by atoms with Crippen LogP contribution in [0.2, 0.25) is 0 Å². The highest BCUT2D eigenvalue weighted by molar-refractivity contribution is 5.93. The van der Waals surface area contributed by atoms with Crippen LogP contribution in [0.25, 0.3) is 0 Å². The maximum Gasteiger partial charge on any atom is 0.271 e. The van der Waals surface area contributed by atoms with Crippen molar-refractivity contribution in [3.05, 3.63) is 58.6 Å². The molecule has 1 aliphatic rings. The molecule has 2 N–H and O–H groups in total. The van der Waals surface area contributed by atoms with E-state index in [-0.39, 0.29) is 18.1 Å². The van der Waals surface area contributed by atoms with E-state index in [1.165, 1.54) is 43.5 Å². The Bertz CT molecular complexity index is 784. The van der Waals surface area contributed by atoms with Crippen LogP contribution >= 0.6 is 0 Å². The molecule has 2 aromatic rings. The molecule has 0 aromatic heterocycles. The van der Waals surface area contributed by atoms with Crippen molar-refractivity contribution in [3.8, 4) is 0 Å². The molecule has 1 aliphatic heterocycles. The minimum Gasteiger partial charge on any atom is -0.376 e.